The van der Waals surface area contributed by atoms with E-state index in [2.05, 4.69) is 6.07 Å². The zero-order chi connectivity index (χ0) is 13.3. The normalized spacial score (nSPS) is 31.7. The third kappa shape index (κ3) is 2.29. The van der Waals surface area contributed by atoms with E-state index in [1.807, 2.05) is 19.9 Å². The molecule has 3 nitrogen and oxygen atoms in total. The quantitative estimate of drug-likeness (QED) is 0.778. The van der Waals surface area contributed by atoms with Crippen LogP contribution < -0.4 is 0 Å². The summed E-state index contributed by atoms with van der Waals surface area (Å²) >= 11 is 0. The topological polar surface area (TPSA) is 61.1 Å². The number of allylic oxidation sites excluding steroid dienone is 2. The van der Waals surface area contributed by atoms with Gasteiger partial charge in [0.25, 0.3) is 0 Å². The third-order valence-electron chi connectivity index (χ3n) is 4.71. The maximum atomic E-state index is 11.1. The number of carbonyl (C=O) groups is 1. The predicted octanol–water partition coefficient (Wildman–Crippen LogP) is 3.37. The third-order valence-corrected chi connectivity index (χ3v) is 4.71. The lowest BCUT2D eigenvalue weighted by atomic mass is 9.83. The van der Waals surface area contributed by atoms with E-state index >= 15 is 0 Å². The molecule has 98 valence electrons. The van der Waals surface area contributed by atoms with E-state index < -0.39 is 5.97 Å². The van der Waals surface area contributed by atoms with Crippen LogP contribution in [-0.2, 0) is 4.79 Å². The van der Waals surface area contributed by atoms with Crippen molar-refractivity contribution in [3.63, 3.8) is 0 Å². The van der Waals surface area contributed by atoms with Crippen LogP contribution in [0.5, 0.6) is 0 Å². The molecule has 2 fully saturated rings. The van der Waals surface area contributed by atoms with E-state index in [4.69, 9.17) is 5.11 Å². The molecule has 2 saturated carbocycles. The Hall–Kier alpha value is -1.30. The Morgan fingerprint density at radius 1 is 1.33 bits per heavy atom. The standard InChI is InChI=1S/C15H21NO2/c1-15(2)12(13(15)14(17)18)8-11(9-16)10-6-4-3-5-7-10/h8,10,12-13H,3-7H2,1-2H3,(H,17,18)/b11-8-. The van der Waals surface area contributed by atoms with Gasteiger partial charge in [0, 0.05) is 5.57 Å². The van der Waals surface area contributed by atoms with E-state index in [1.165, 1.54) is 19.3 Å². The molecule has 2 rings (SSSR count). The first-order valence-corrected chi connectivity index (χ1v) is 6.83. The van der Waals surface area contributed by atoms with Gasteiger partial charge < -0.3 is 5.11 Å². The molecule has 2 atom stereocenters. The molecular formula is C15H21NO2. The van der Waals surface area contributed by atoms with Crippen molar-refractivity contribution in [1.29, 1.82) is 5.26 Å². The van der Waals surface area contributed by atoms with E-state index in [1.54, 1.807) is 0 Å². The van der Waals surface area contributed by atoms with Crippen LogP contribution >= 0.6 is 0 Å². The summed E-state index contributed by atoms with van der Waals surface area (Å²) in [4.78, 5) is 11.1. The molecule has 1 N–H and O–H groups in total. The van der Waals surface area contributed by atoms with E-state index in [0.29, 0.717) is 5.92 Å². The van der Waals surface area contributed by atoms with Crippen molar-refractivity contribution in [3.8, 4) is 6.07 Å². The molecule has 0 aliphatic heterocycles. The summed E-state index contributed by atoms with van der Waals surface area (Å²) in [6, 6.07) is 2.31. The van der Waals surface area contributed by atoms with Crippen LogP contribution in [0.1, 0.15) is 46.0 Å². The molecule has 0 aromatic carbocycles. The Kier molecular flexibility index (Phi) is 3.47. The summed E-state index contributed by atoms with van der Waals surface area (Å²) in [5.74, 6) is -0.646. The first-order chi connectivity index (χ1) is 8.48. The zero-order valence-corrected chi connectivity index (χ0v) is 11.1. The number of rotatable bonds is 3. The molecule has 2 unspecified atom stereocenters. The Labute approximate surface area is 108 Å². The highest BCUT2D eigenvalue weighted by Gasteiger charge is 2.61. The molecule has 0 aromatic rings. The van der Waals surface area contributed by atoms with Crippen LogP contribution in [0.25, 0.3) is 0 Å². The average molecular weight is 247 g/mol. The Morgan fingerprint density at radius 2 is 1.94 bits per heavy atom. The number of nitriles is 1. The first-order valence-electron chi connectivity index (χ1n) is 6.83. The molecule has 0 amide bonds. The predicted molar refractivity (Wildman–Crippen MR) is 68.7 cm³/mol. The number of hydrogen-bond acceptors (Lipinski definition) is 2. The second-order valence-electron chi connectivity index (χ2n) is 6.23. The molecule has 0 heterocycles. The van der Waals surface area contributed by atoms with Crippen LogP contribution in [-0.4, -0.2) is 11.1 Å². The molecule has 0 radical (unpaired) electrons. The van der Waals surface area contributed by atoms with Gasteiger partial charge in [-0.15, -0.1) is 0 Å². The lowest BCUT2D eigenvalue weighted by Crippen LogP contribution is -2.09. The van der Waals surface area contributed by atoms with Crippen molar-refractivity contribution in [2.45, 2.75) is 46.0 Å². The van der Waals surface area contributed by atoms with Gasteiger partial charge in [0.1, 0.15) is 0 Å². The maximum Gasteiger partial charge on any atom is 0.307 e. The molecule has 2 aliphatic carbocycles. The average Bonchev–Trinajstić information content (AvgIpc) is 2.89. The summed E-state index contributed by atoms with van der Waals surface area (Å²) in [6.07, 6.45) is 7.78. The number of carboxylic acid groups (broad SMARTS) is 1. The lowest BCUT2D eigenvalue weighted by Gasteiger charge is -2.20. The van der Waals surface area contributed by atoms with Crippen LogP contribution in [0.3, 0.4) is 0 Å². The minimum atomic E-state index is -0.734. The minimum Gasteiger partial charge on any atom is -0.481 e. The Bertz CT molecular complexity index is 411. The van der Waals surface area contributed by atoms with Crippen molar-refractivity contribution >= 4 is 5.97 Å². The molecule has 2 aliphatic rings. The van der Waals surface area contributed by atoms with Crippen LogP contribution in [0.2, 0.25) is 0 Å². The first kappa shape index (κ1) is 13.1. The number of carboxylic acids is 1. The summed E-state index contributed by atoms with van der Waals surface area (Å²) in [6.45, 7) is 3.95. The van der Waals surface area contributed by atoms with Gasteiger partial charge in [-0.2, -0.15) is 5.26 Å². The second-order valence-corrected chi connectivity index (χ2v) is 6.23. The molecular weight excluding hydrogens is 226 g/mol. The van der Waals surface area contributed by atoms with Gasteiger partial charge in [-0.3, -0.25) is 4.79 Å². The summed E-state index contributed by atoms with van der Waals surface area (Å²) in [5, 5.41) is 18.4. The smallest absolute Gasteiger partial charge is 0.307 e. The summed E-state index contributed by atoms with van der Waals surface area (Å²) in [7, 11) is 0. The van der Waals surface area contributed by atoms with Crippen LogP contribution in [0, 0.1) is 34.5 Å². The van der Waals surface area contributed by atoms with Crippen LogP contribution in [0.15, 0.2) is 11.6 Å². The van der Waals surface area contributed by atoms with Crippen molar-refractivity contribution in [3.05, 3.63) is 11.6 Å². The summed E-state index contributed by atoms with van der Waals surface area (Å²) in [5.41, 5.74) is 0.638. The lowest BCUT2D eigenvalue weighted by molar-refractivity contribution is -0.139. The van der Waals surface area contributed by atoms with E-state index in [9.17, 15) is 10.1 Å². The van der Waals surface area contributed by atoms with Crippen LogP contribution in [0.4, 0.5) is 0 Å². The fourth-order valence-electron chi connectivity index (χ4n) is 3.33. The van der Waals surface area contributed by atoms with Gasteiger partial charge in [-0.25, -0.2) is 0 Å². The van der Waals surface area contributed by atoms with Gasteiger partial charge >= 0.3 is 5.97 Å². The highest BCUT2D eigenvalue weighted by molar-refractivity contribution is 5.76. The van der Waals surface area contributed by atoms with Gasteiger partial charge in [-0.05, 0) is 30.1 Å². The van der Waals surface area contributed by atoms with Crippen molar-refractivity contribution in [1.82, 2.24) is 0 Å². The number of aliphatic carboxylic acids is 1. The van der Waals surface area contributed by atoms with E-state index in [-0.39, 0.29) is 17.3 Å². The molecule has 3 heteroatoms. The highest BCUT2D eigenvalue weighted by atomic mass is 16.4. The van der Waals surface area contributed by atoms with Crippen molar-refractivity contribution in [2.75, 3.05) is 0 Å². The van der Waals surface area contributed by atoms with E-state index in [0.717, 1.165) is 18.4 Å². The zero-order valence-electron chi connectivity index (χ0n) is 11.1. The molecule has 0 saturated heterocycles. The van der Waals surface area contributed by atoms with Gasteiger partial charge in [-0.1, -0.05) is 39.2 Å². The molecule has 0 bridgehead atoms. The Morgan fingerprint density at radius 3 is 2.39 bits per heavy atom. The maximum absolute atomic E-state index is 11.1. The molecule has 0 aromatic heterocycles. The molecule has 0 spiro atoms. The SMILES string of the molecule is CC1(C)C(/C=C(/C#N)C2CCCCC2)C1C(=O)O. The minimum absolute atomic E-state index is 0.0339. The molecule has 18 heavy (non-hydrogen) atoms. The monoisotopic (exact) mass is 247 g/mol. The second kappa shape index (κ2) is 4.76. The van der Waals surface area contributed by atoms with Gasteiger partial charge in [0.05, 0.1) is 12.0 Å². The van der Waals surface area contributed by atoms with Crippen molar-refractivity contribution < 1.29 is 9.90 Å². The Balaban J connectivity index is 2.12. The fourth-order valence-corrected chi connectivity index (χ4v) is 3.33. The highest BCUT2D eigenvalue weighted by Crippen LogP contribution is 2.59. The number of hydrogen-bond donors (Lipinski definition) is 1. The van der Waals surface area contributed by atoms with Gasteiger partial charge in [0.2, 0.25) is 0 Å². The number of nitrogens with zero attached hydrogens (tertiary/aromatic N) is 1. The van der Waals surface area contributed by atoms with Gasteiger partial charge in [0.15, 0.2) is 0 Å². The summed E-state index contributed by atoms with van der Waals surface area (Å²) < 4.78 is 0. The van der Waals surface area contributed by atoms with Crippen molar-refractivity contribution in [2.24, 2.45) is 23.2 Å². The fraction of sp³-hybridized carbons (Fsp3) is 0.733. The largest absolute Gasteiger partial charge is 0.481 e.